The molecular formula is C16H16INO. The predicted molar refractivity (Wildman–Crippen MR) is 87.7 cm³/mol. The van der Waals surface area contributed by atoms with Gasteiger partial charge in [0, 0.05) is 16.3 Å². The van der Waals surface area contributed by atoms with Crippen molar-refractivity contribution in [1.29, 1.82) is 0 Å². The van der Waals surface area contributed by atoms with Crippen LogP contribution in [0.1, 0.15) is 22.8 Å². The molecule has 0 fully saturated rings. The number of nitrogens with zero attached hydrogens (tertiary/aromatic N) is 1. The Morgan fingerprint density at radius 2 is 1.74 bits per heavy atom. The zero-order chi connectivity index (χ0) is 13.8. The van der Waals surface area contributed by atoms with Crippen molar-refractivity contribution in [1.82, 2.24) is 0 Å². The summed E-state index contributed by atoms with van der Waals surface area (Å²) in [4.78, 5) is 14.1. The van der Waals surface area contributed by atoms with E-state index in [1.807, 2.05) is 43.4 Å². The lowest BCUT2D eigenvalue weighted by atomic mass is 10.1. The Morgan fingerprint density at radius 1 is 1.11 bits per heavy atom. The third-order valence-corrected chi connectivity index (χ3v) is 4.08. The van der Waals surface area contributed by atoms with Crippen LogP contribution >= 0.6 is 22.6 Å². The van der Waals surface area contributed by atoms with E-state index in [0.29, 0.717) is 0 Å². The molecule has 2 rings (SSSR count). The lowest BCUT2D eigenvalue weighted by molar-refractivity contribution is 0.0992. The summed E-state index contributed by atoms with van der Waals surface area (Å²) >= 11 is 2.19. The third-order valence-electron chi connectivity index (χ3n) is 3.14. The lowest BCUT2D eigenvalue weighted by Gasteiger charge is -2.18. The first-order valence-electron chi connectivity index (χ1n) is 6.25. The van der Waals surface area contributed by atoms with Crippen LogP contribution in [0.4, 0.5) is 5.69 Å². The molecule has 0 unspecified atom stereocenters. The van der Waals surface area contributed by atoms with Crippen molar-refractivity contribution in [3.63, 3.8) is 0 Å². The molecule has 0 saturated carbocycles. The Balaban J connectivity index is 2.26. The van der Waals surface area contributed by atoms with Crippen LogP contribution in [0.5, 0.6) is 0 Å². The molecule has 2 aromatic carbocycles. The van der Waals surface area contributed by atoms with E-state index in [1.54, 1.807) is 4.90 Å². The first kappa shape index (κ1) is 14.1. The molecule has 3 heteroatoms. The van der Waals surface area contributed by atoms with Gasteiger partial charge in [0.25, 0.3) is 5.91 Å². The van der Waals surface area contributed by atoms with Crippen LogP contribution in [0.15, 0.2) is 48.5 Å². The zero-order valence-corrected chi connectivity index (χ0v) is 13.2. The quantitative estimate of drug-likeness (QED) is 0.749. The van der Waals surface area contributed by atoms with Crippen LogP contribution in [0.3, 0.4) is 0 Å². The summed E-state index contributed by atoms with van der Waals surface area (Å²) in [5.41, 5.74) is 2.94. The van der Waals surface area contributed by atoms with Crippen molar-refractivity contribution < 1.29 is 4.79 Å². The van der Waals surface area contributed by atoms with Gasteiger partial charge in [-0.3, -0.25) is 4.79 Å². The van der Waals surface area contributed by atoms with Gasteiger partial charge < -0.3 is 4.90 Å². The Hall–Kier alpha value is -1.36. The van der Waals surface area contributed by atoms with Gasteiger partial charge in [-0.1, -0.05) is 31.2 Å². The predicted octanol–water partition coefficient (Wildman–Crippen LogP) is 4.13. The fraction of sp³-hybridized carbons (Fsp3) is 0.188. The highest BCUT2D eigenvalue weighted by Crippen LogP contribution is 2.19. The second-order valence-electron chi connectivity index (χ2n) is 4.36. The van der Waals surface area contributed by atoms with E-state index < -0.39 is 0 Å². The Bertz CT molecular complexity index is 578. The molecule has 2 nitrogen and oxygen atoms in total. The number of hydrogen-bond acceptors (Lipinski definition) is 1. The molecule has 0 bridgehead atoms. The van der Waals surface area contributed by atoms with E-state index in [-0.39, 0.29) is 5.91 Å². The van der Waals surface area contributed by atoms with E-state index in [0.717, 1.165) is 21.2 Å². The van der Waals surface area contributed by atoms with Crippen molar-refractivity contribution in [3.05, 3.63) is 63.2 Å². The van der Waals surface area contributed by atoms with E-state index in [9.17, 15) is 4.79 Å². The van der Waals surface area contributed by atoms with Crippen LogP contribution in [-0.2, 0) is 6.42 Å². The fourth-order valence-corrected chi connectivity index (χ4v) is 2.51. The maximum Gasteiger partial charge on any atom is 0.259 e. The van der Waals surface area contributed by atoms with Gasteiger partial charge in [-0.2, -0.15) is 0 Å². The van der Waals surface area contributed by atoms with Crippen LogP contribution in [0, 0.1) is 3.57 Å². The highest BCUT2D eigenvalue weighted by molar-refractivity contribution is 14.1. The van der Waals surface area contributed by atoms with Crippen LogP contribution < -0.4 is 4.90 Å². The monoisotopic (exact) mass is 365 g/mol. The number of anilines is 1. The number of hydrogen-bond donors (Lipinski definition) is 0. The number of rotatable bonds is 3. The molecule has 0 heterocycles. The summed E-state index contributed by atoms with van der Waals surface area (Å²) in [5, 5.41) is 0. The second-order valence-corrected chi connectivity index (χ2v) is 5.53. The van der Waals surface area contributed by atoms with Crippen molar-refractivity contribution in [2.45, 2.75) is 13.3 Å². The summed E-state index contributed by atoms with van der Waals surface area (Å²) in [7, 11) is 1.81. The van der Waals surface area contributed by atoms with E-state index in [4.69, 9.17) is 0 Å². The molecule has 0 spiro atoms. The molecule has 1 amide bonds. The Morgan fingerprint density at radius 3 is 2.32 bits per heavy atom. The van der Waals surface area contributed by atoms with Crippen molar-refractivity contribution in [2.24, 2.45) is 0 Å². The largest absolute Gasteiger partial charge is 0.311 e. The smallest absolute Gasteiger partial charge is 0.259 e. The van der Waals surface area contributed by atoms with Crippen molar-refractivity contribution in [2.75, 3.05) is 11.9 Å². The van der Waals surface area contributed by atoms with Crippen molar-refractivity contribution >= 4 is 34.2 Å². The van der Waals surface area contributed by atoms with Gasteiger partial charge in [0.2, 0.25) is 0 Å². The highest BCUT2D eigenvalue weighted by atomic mass is 127. The number of carbonyl (C=O) groups excluding carboxylic acids is 1. The maximum absolute atomic E-state index is 12.4. The summed E-state index contributed by atoms with van der Waals surface area (Å²) < 4.78 is 0.974. The SMILES string of the molecule is CCc1ccc(N(C)C(=O)c2ccccc2I)cc1. The zero-order valence-electron chi connectivity index (χ0n) is 11.1. The molecule has 0 aliphatic rings. The average molecular weight is 365 g/mol. The van der Waals surface area contributed by atoms with Crippen LogP contribution in [-0.4, -0.2) is 13.0 Å². The fourth-order valence-electron chi connectivity index (χ4n) is 1.89. The first-order valence-corrected chi connectivity index (χ1v) is 7.33. The molecule has 0 radical (unpaired) electrons. The molecule has 0 atom stereocenters. The van der Waals surface area contributed by atoms with Gasteiger partial charge in [0.05, 0.1) is 5.56 Å². The minimum atomic E-state index is 0.0225. The summed E-state index contributed by atoms with van der Waals surface area (Å²) in [5.74, 6) is 0.0225. The second kappa shape index (κ2) is 6.19. The van der Waals surface area contributed by atoms with Gasteiger partial charge in [0.1, 0.15) is 0 Å². The number of benzene rings is 2. The number of halogens is 1. The molecule has 0 aliphatic carbocycles. The molecular weight excluding hydrogens is 349 g/mol. The third kappa shape index (κ3) is 3.15. The van der Waals surface area contributed by atoms with Gasteiger partial charge in [-0.05, 0) is 58.8 Å². The highest BCUT2D eigenvalue weighted by Gasteiger charge is 2.15. The van der Waals surface area contributed by atoms with E-state index in [1.165, 1.54) is 5.56 Å². The first-order chi connectivity index (χ1) is 9.13. The average Bonchev–Trinajstić information content (AvgIpc) is 2.46. The lowest BCUT2D eigenvalue weighted by Crippen LogP contribution is -2.26. The van der Waals surface area contributed by atoms with Crippen LogP contribution in [0.25, 0.3) is 0 Å². The topological polar surface area (TPSA) is 20.3 Å². The molecule has 0 aromatic heterocycles. The van der Waals surface area contributed by atoms with Gasteiger partial charge in [-0.15, -0.1) is 0 Å². The van der Waals surface area contributed by atoms with E-state index >= 15 is 0 Å². The number of carbonyl (C=O) groups is 1. The van der Waals surface area contributed by atoms with E-state index in [2.05, 4.69) is 41.6 Å². The van der Waals surface area contributed by atoms with Gasteiger partial charge in [0.15, 0.2) is 0 Å². The molecule has 0 aliphatic heterocycles. The number of aryl methyl sites for hydroxylation is 1. The Labute approximate surface area is 127 Å². The van der Waals surface area contributed by atoms with Crippen molar-refractivity contribution in [3.8, 4) is 0 Å². The summed E-state index contributed by atoms with van der Waals surface area (Å²) in [6.45, 7) is 2.12. The molecule has 0 N–H and O–H groups in total. The molecule has 98 valence electrons. The summed E-state index contributed by atoms with van der Waals surface area (Å²) in [6.07, 6.45) is 1.01. The minimum absolute atomic E-state index is 0.0225. The van der Waals surface area contributed by atoms with Crippen LogP contribution in [0.2, 0.25) is 0 Å². The number of amides is 1. The standard InChI is InChI=1S/C16H16INO/c1-3-12-8-10-13(11-9-12)18(2)16(19)14-6-4-5-7-15(14)17/h4-11H,3H2,1-2H3. The molecule has 0 saturated heterocycles. The normalized spacial score (nSPS) is 10.3. The maximum atomic E-state index is 12.4. The molecule has 2 aromatic rings. The summed E-state index contributed by atoms with van der Waals surface area (Å²) in [6, 6.07) is 15.8. The Kier molecular flexibility index (Phi) is 4.58. The van der Waals surface area contributed by atoms with Gasteiger partial charge in [-0.25, -0.2) is 0 Å². The van der Waals surface area contributed by atoms with Gasteiger partial charge >= 0.3 is 0 Å². The molecule has 19 heavy (non-hydrogen) atoms. The minimum Gasteiger partial charge on any atom is -0.311 e.